The van der Waals surface area contributed by atoms with E-state index in [9.17, 15) is 4.39 Å². The molecule has 17 heavy (non-hydrogen) atoms. The van der Waals surface area contributed by atoms with Crippen molar-refractivity contribution in [2.45, 2.75) is 25.7 Å². The zero-order chi connectivity index (χ0) is 11.7. The van der Waals surface area contributed by atoms with Gasteiger partial charge >= 0.3 is 0 Å². The van der Waals surface area contributed by atoms with Gasteiger partial charge in [-0.15, -0.1) is 0 Å². The molecule has 0 aromatic heterocycles. The third-order valence-electron chi connectivity index (χ3n) is 3.85. The van der Waals surface area contributed by atoms with E-state index >= 15 is 0 Å². The maximum atomic E-state index is 14.1. The number of hydrogen-bond donors (Lipinski definition) is 0. The van der Waals surface area contributed by atoms with E-state index in [0.29, 0.717) is 0 Å². The summed E-state index contributed by atoms with van der Waals surface area (Å²) in [6.07, 6.45) is 4.84. The number of halogens is 1. The molecule has 0 radical (unpaired) electrons. The minimum Gasteiger partial charge on any atom is -0.371 e. The monoisotopic (exact) mass is 234 g/mol. The van der Waals surface area contributed by atoms with Crippen LogP contribution in [0.15, 0.2) is 18.2 Å². The summed E-state index contributed by atoms with van der Waals surface area (Å²) in [5.74, 6) is -0.0590. The zero-order valence-electron chi connectivity index (χ0n) is 10.2. The van der Waals surface area contributed by atoms with Crippen LogP contribution >= 0.6 is 0 Å². The Labute approximate surface area is 102 Å². The molecule has 0 atom stereocenters. The van der Waals surface area contributed by atoms with Crippen LogP contribution in [-0.4, -0.2) is 26.2 Å². The predicted octanol–water partition coefficient (Wildman–Crippen LogP) is 3.03. The van der Waals surface area contributed by atoms with Crippen LogP contribution in [0.5, 0.6) is 0 Å². The van der Waals surface area contributed by atoms with Gasteiger partial charge < -0.3 is 9.80 Å². The molecule has 2 fully saturated rings. The molecule has 1 aromatic rings. The lowest BCUT2D eigenvalue weighted by Crippen LogP contribution is -2.21. The van der Waals surface area contributed by atoms with Crippen LogP contribution in [0, 0.1) is 5.82 Å². The Bertz CT molecular complexity index is 393. The second kappa shape index (κ2) is 4.55. The minimum absolute atomic E-state index is 0.0590. The van der Waals surface area contributed by atoms with Crippen LogP contribution in [0.2, 0.25) is 0 Å². The molecule has 2 heterocycles. The molecule has 2 aliphatic heterocycles. The minimum atomic E-state index is -0.0590. The van der Waals surface area contributed by atoms with Crippen LogP contribution < -0.4 is 9.80 Å². The maximum Gasteiger partial charge on any atom is 0.148 e. The largest absolute Gasteiger partial charge is 0.371 e. The second-order valence-electron chi connectivity index (χ2n) is 5.02. The third-order valence-corrected chi connectivity index (χ3v) is 3.85. The van der Waals surface area contributed by atoms with Crippen LogP contribution in [0.25, 0.3) is 0 Å². The summed E-state index contributed by atoms with van der Waals surface area (Å²) < 4.78 is 14.1. The van der Waals surface area contributed by atoms with E-state index in [1.165, 1.54) is 25.7 Å². The highest BCUT2D eigenvalue weighted by molar-refractivity contribution is 5.58. The first-order valence-corrected chi connectivity index (χ1v) is 6.64. The molecular formula is C14H19FN2. The van der Waals surface area contributed by atoms with Gasteiger partial charge in [0.1, 0.15) is 5.82 Å². The molecule has 2 saturated heterocycles. The highest BCUT2D eigenvalue weighted by atomic mass is 19.1. The molecule has 92 valence electrons. The summed E-state index contributed by atoms with van der Waals surface area (Å²) in [7, 11) is 0. The topological polar surface area (TPSA) is 6.48 Å². The number of anilines is 2. The van der Waals surface area contributed by atoms with Gasteiger partial charge in [-0.25, -0.2) is 4.39 Å². The molecule has 3 rings (SSSR count). The molecule has 0 aliphatic carbocycles. The average molecular weight is 234 g/mol. The standard InChI is InChI=1S/C14H19FN2/c15-13-11-12(16-7-1-2-8-16)5-6-14(13)17-9-3-4-10-17/h5-6,11H,1-4,7-10H2. The lowest BCUT2D eigenvalue weighted by Gasteiger charge is -2.22. The lowest BCUT2D eigenvalue weighted by atomic mass is 10.2. The van der Waals surface area contributed by atoms with Gasteiger partial charge in [0.15, 0.2) is 0 Å². The number of benzene rings is 1. The van der Waals surface area contributed by atoms with Crippen molar-refractivity contribution in [1.82, 2.24) is 0 Å². The summed E-state index contributed by atoms with van der Waals surface area (Å²) >= 11 is 0. The molecule has 0 spiro atoms. The van der Waals surface area contributed by atoms with Crippen LogP contribution in [0.4, 0.5) is 15.8 Å². The molecule has 1 aromatic carbocycles. The van der Waals surface area contributed by atoms with Gasteiger partial charge in [-0.1, -0.05) is 0 Å². The van der Waals surface area contributed by atoms with Gasteiger partial charge in [-0.05, 0) is 43.9 Å². The summed E-state index contributed by atoms with van der Waals surface area (Å²) in [5.41, 5.74) is 1.83. The van der Waals surface area contributed by atoms with Crippen molar-refractivity contribution in [3.05, 3.63) is 24.0 Å². The summed E-state index contributed by atoms with van der Waals surface area (Å²) in [6.45, 7) is 4.14. The van der Waals surface area contributed by atoms with E-state index in [1.807, 2.05) is 6.07 Å². The van der Waals surface area contributed by atoms with E-state index in [2.05, 4.69) is 15.9 Å². The Balaban J connectivity index is 1.82. The van der Waals surface area contributed by atoms with E-state index < -0.39 is 0 Å². The quantitative estimate of drug-likeness (QED) is 0.776. The first kappa shape index (κ1) is 10.9. The number of hydrogen-bond acceptors (Lipinski definition) is 2. The fourth-order valence-corrected chi connectivity index (χ4v) is 2.88. The fourth-order valence-electron chi connectivity index (χ4n) is 2.88. The van der Waals surface area contributed by atoms with Gasteiger partial charge in [-0.3, -0.25) is 0 Å². The van der Waals surface area contributed by atoms with E-state index in [4.69, 9.17) is 0 Å². The zero-order valence-corrected chi connectivity index (χ0v) is 10.2. The Morgan fingerprint density at radius 3 is 2.00 bits per heavy atom. The molecule has 0 bridgehead atoms. The van der Waals surface area contributed by atoms with Gasteiger partial charge in [-0.2, -0.15) is 0 Å². The Hall–Kier alpha value is -1.25. The molecule has 3 heteroatoms. The summed E-state index contributed by atoms with van der Waals surface area (Å²) in [6, 6.07) is 5.73. The Morgan fingerprint density at radius 2 is 1.41 bits per heavy atom. The van der Waals surface area contributed by atoms with E-state index in [1.54, 1.807) is 6.07 Å². The van der Waals surface area contributed by atoms with Crippen molar-refractivity contribution in [3.8, 4) is 0 Å². The molecular weight excluding hydrogens is 215 g/mol. The molecule has 2 aliphatic rings. The first-order valence-electron chi connectivity index (χ1n) is 6.64. The average Bonchev–Trinajstić information content (AvgIpc) is 3.02. The number of nitrogens with zero attached hydrogens (tertiary/aromatic N) is 2. The predicted molar refractivity (Wildman–Crippen MR) is 69.3 cm³/mol. The van der Waals surface area contributed by atoms with Crippen LogP contribution in [0.3, 0.4) is 0 Å². The van der Waals surface area contributed by atoms with Crippen molar-refractivity contribution in [2.24, 2.45) is 0 Å². The third kappa shape index (κ3) is 2.11. The van der Waals surface area contributed by atoms with Crippen molar-refractivity contribution in [1.29, 1.82) is 0 Å². The SMILES string of the molecule is Fc1cc(N2CCCC2)ccc1N1CCCC1. The van der Waals surface area contributed by atoms with Crippen LogP contribution in [-0.2, 0) is 0 Å². The van der Waals surface area contributed by atoms with Gasteiger partial charge in [0.25, 0.3) is 0 Å². The maximum absolute atomic E-state index is 14.1. The van der Waals surface area contributed by atoms with Gasteiger partial charge in [0.2, 0.25) is 0 Å². The molecule has 0 saturated carbocycles. The molecule has 0 amide bonds. The summed E-state index contributed by atoms with van der Waals surface area (Å²) in [5, 5.41) is 0. The highest BCUT2D eigenvalue weighted by Crippen LogP contribution is 2.28. The second-order valence-corrected chi connectivity index (χ2v) is 5.02. The normalized spacial score (nSPS) is 20.3. The van der Waals surface area contributed by atoms with Gasteiger partial charge in [0.05, 0.1) is 5.69 Å². The number of rotatable bonds is 2. The Kier molecular flexibility index (Phi) is 2.91. The van der Waals surface area contributed by atoms with Gasteiger partial charge in [0, 0.05) is 31.9 Å². The first-order chi connectivity index (χ1) is 8.34. The lowest BCUT2D eigenvalue weighted by molar-refractivity contribution is 0.622. The van der Waals surface area contributed by atoms with E-state index in [-0.39, 0.29) is 5.82 Å². The Morgan fingerprint density at radius 1 is 0.824 bits per heavy atom. The van der Waals surface area contributed by atoms with Crippen LogP contribution in [0.1, 0.15) is 25.7 Å². The molecule has 0 unspecified atom stereocenters. The highest BCUT2D eigenvalue weighted by Gasteiger charge is 2.18. The summed E-state index contributed by atoms with van der Waals surface area (Å²) in [4.78, 5) is 4.43. The van der Waals surface area contributed by atoms with Crippen molar-refractivity contribution < 1.29 is 4.39 Å². The van der Waals surface area contributed by atoms with E-state index in [0.717, 1.165) is 37.6 Å². The van der Waals surface area contributed by atoms with Crippen molar-refractivity contribution in [3.63, 3.8) is 0 Å². The fraction of sp³-hybridized carbons (Fsp3) is 0.571. The van der Waals surface area contributed by atoms with Crippen molar-refractivity contribution >= 4 is 11.4 Å². The van der Waals surface area contributed by atoms with Crippen molar-refractivity contribution in [2.75, 3.05) is 36.0 Å². The smallest absolute Gasteiger partial charge is 0.148 e. The molecule has 0 N–H and O–H groups in total. The molecule has 2 nitrogen and oxygen atoms in total.